The van der Waals surface area contributed by atoms with Gasteiger partial charge >= 0.3 is 0 Å². The van der Waals surface area contributed by atoms with Crippen molar-refractivity contribution < 1.29 is 5.11 Å². The number of hydrogen-bond acceptors (Lipinski definition) is 3. The maximum Gasteiger partial charge on any atom is 0.148 e. The van der Waals surface area contributed by atoms with Crippen LogP contribution in [0.25, 0.3) is 21.7 Å². The van der Waals surface area contributed by atoms with Crippen molar-refractivity contribution in [3.8, 4) is 16.5 Å². The molecule has 3 aromatic rings. The lowest BCUT2D eigenvalue weighted by Crippen LogP contribution is -1.72. The lowest BCUT2D eigenvalue weighted by molar-refractivity contribution is 0.476. The van der Waals surface area contributed by atoms with Gasteiger partial charge in [-0.1, -0.05) is 0 Å². The summed E-state index contributed by atoms with van der Waals surface area (Å²) in [6.45, 7) is 0. The van der Waals surface area contributed by atoms with Gasteiger partial charge in [-0.25, -0.2) is 4.98 Å². The van der Waals surface area contributed by atoms with Gasteiger partial charge in [0.15, 0.2) is 0 Å². The van der Waals surface area contributed by atoms with Crippen LogP contribution >= 0.6 is 27.3 Å². The molecule has 0 aliphatic carbocycles. The molecule has 0 spiro atoms. The molecule has 2 heterocycles. The molecular formula is C11H7BrN2OS. The summed E-state index contributed by atoms with van der Waals surface area (Å²) in [5, 5.41) is 9.36. The Balaban J connectivity index is 2.18. The van der Waals surface area contributed by atoms with Gasteiger partial charge < -0.3 is 10.1 Å². The van der Waals surface area contributed by atoms with Crippen molar-refractivity contribution in [2.24, 2.45) is 0 Å². The molecule has 5 heteroatoms. The number of aromatic amines is 1. The Labute approximate surface area is 104 Å². The van der Waals surface area contributed by atoms with E-state index in [-0.39, 0.29) is 5.75 Å². The van der Waals surface area contributed by atoms with E-state index in [4.69, 9.17) is 0 Å². The second-order valence-electron chi connectivity index (χ2n) is 3.39. The maximum absolute atomic E-state index is 9.36. The summed E-state index contributed by atoms with van der Waals surface area (Å²) < 4.78 is 1.07. The number of nitrogens with zero attached hydrogens (tertiary/aromatic N) is 1. The first kappa shape index (κ1) is 9.86. The summed E-state index contributed by atoms with van der Waals surface area (Å²) in [6.07, 6.45) is 0. The Morgan fingerprint density at radius 1 is 1.25 bits per heavy atom. The molecule has 0 saturated carbocycles. The van der Waals surface area contributed by atoms with E-state index in [9.17, 15) is 5.11 Å². The molecule has 0 saturated heterocycles. The summed E-state index contributed by atoms with van der Waals surface area (Å²) in [7, 11) is 0. The second kappa shape index (κ2) is 3.61. The highest BCUT2D eigenvalue weighted by molar-refractivity contribution is 9.11. The van der Waals surface area contributed by atoms with Crippen molar-refractivity contribution in [2.45, 2.75) is 0 Å². The standard InChI is InChI=1S/C11H7BrN2OS/c12-10-4-3-9(16-10)11-13-7-2-1-6(15)5-8(7)14-11/h1-5,15H,(H,13,14). The molecule has 80 valence electrons. The van der Waals surface area contributed by atoms with Crippen molar-refractivity contribution in [2.75, 3.05) is 0 Å². The number of imidazole rings is 1. The zero-order valence-electron chi connectivity index (χ0n) is 8.07. The number of aromatic nitrogens is 2. The fraction of sp³-hybridized carbons (Fsp3) is 0. The minimum atomic E-state index is 0.245. The van der Waals surface area contributed by atoms with Gasteiger partial charge in [-0.15, -0.1) is 11.3 Å². The number of halogens is 1. The quantitative estimate of drug-likeness (QED) is 0.718. The van der Waals surface area contributed by atoms with Crippen LogP contribution in [0.3, 0.4) is 0 Å². The number of hydrogen-bond donors (Lipinski definition) is 2. The maximum atomic E-state index is 9.36. The van der Waals surface area contributed by atoms with Gasteiger partial charge in [0.25, 0.3) is 0 Å². The zero-order chi connectivity index (χ0) is 11.1. The van der Waals surface area contributed by atoms with E-state index in [1.165, 1.54) is 0 Å². The van der Waals surface area contributed by atoms with Crippen LogP contribution in [0.5, 0.6) is 5.75 Å². The third kappa shape index (κ3) is 1.62. The van der Waals surface area contributed by atoms with Crippen LogP contribution < -0.4 is 0 Å². The summed E-state index contributed by atoms with van der Waals surface area (Å²) in [5.74, 6) is 1.08. The Morgan fingerprint density at radius 2 is 2.12 bits per heavy atom. The van der Waals surface area contributed by atoms with Crippen LogP contribution in [-0.2, 0) is 0 Å². The number of nitrogens with one attached hydrogen (secondary N) is 1. The molecule has 0 aliphatic heterocycles. The molecule has 16 heavy (non-hydrogen) atoms. The van der Waals surface area contributed by atoms with Crippen molar-refractivity contribution in [1.29, 1.82) is 0 Å². The molecule has 2 aromatic heterocycles. The fourth-order valence-electron chi connectivity index (χ4n) is 1.56. The number of benzene rings is 1. The number of phenols is 1. The SMILES string of the molecule is Oc1ccc2nc(-c3ccc(Br)s3)[nH]c2c1. The molecule has 1 aromatic carbocycles. The van der Waals surface area contributed by atoms with E-state index < -0.39 is 0 Å². The van der Waals surface area contributed by atoms with Gasteiger partial charge in [-0.3, -0.25) is 0 Å². The molecule has 2 N–H and O–H groups in total. The third-order valence-corrected chi connectivity index (χ3v) is 3.90. The predicted octanol–water partition coefficient (Wildman–Crippen LogP) is 3.76. The number of H-pyrrole nitrogens is 1. The first-order chi connectivity index (χ1) is 7.72. The highest BCUT2D eigenvalue weighted by Crippen LogP contribution is 2.31. The van der Waals surface area contributed by atoms with Crippen LogP contribution in [0.15, 0.2) is 34.1 Å². The van der Waals surface area contributed by atoms with Crippen LogP contribution in [0, 0.1) is 0 Å². The summed E-state index contributed by atoms with van der Waals surface area (Å²) in [4.78, 5) is 8.72. The first-order valence-electron chi connectivity index (χ1n) is 4.67. The van der Waals surface area contributed by atoms with Crippen LogP contribution in [-0.4, -0.2) is 15.1 Å². The molecule has 0 radical (unpaired) electrons. The predicted molar refractivity (Wildman–Crippen MR) is 68.8 cm³/mol. The van der Waals surface area contributed by atoms with Gasteiger partial charge in [-0.2, -0.15) is 0 Å². The largest absolute Gasteiger partial charge is 0.508 e. The topological polar surface area (TPSA) is 48.9 Å². The van der Waals surface area contributed by atoms with E-state index in [2.05, 4.69) is 25.9 Å². The van der Waals surface area contributed by atoms with Crippen LogP contribution in [0.2, 0.25) is 0 Å². The number of rotatable bonds is 1. The van der Waals surface area contributed by atoms with Gasteiger partial charge in [0.2, 0.25) is 0 Å². The molecule has 3 nitrogen and oxygen atoms in total. The van der Waals surface area contributed by atoms with Gasteiger partial charge in [0.1, 0.15) is 11.6 Å². The molecule has 3 rings (SSSR count). The van der Waals surface area contributed by atoms with E-state index in [0.717, 1.165) is 25.5 Å². The Kier molecular flexibility index (Phi) is 2.22. The second-order valence-corrected chi connectivity index (χ2v) is 5.85. The van der Waals surface area contributed by atoms with E-state index >= 15 is 0 Å². The average Bonchev–Trinajstić information content (AvgIpc) is 2.83. The van der Waals surface area contributed by atoms with E-state index in [1.54, 1.807) is 29.5 Å². The molecule has 0 bridgehead atoms. The molecule has 0 amide bonds. The monoisotopic (exact) mass is 294 g/mol. The van der Waals surface area contributed by atoms with Crippen molar-refractivity contribution in [1.82, 2.24) is 9.97 Å². The summed E-state index contributed by atoms with van der Waals surface area (Å²) in [5.41, 5.74) is 1.71. The van der Waals surface area contributed by atoms with Crippen LogP contribution in [0.1, 0.15) is 0 Å². The first-order valence-corrected chi connectivity index (χ1v) is 6.28. The normalized spacial score (nSPS) is 11.1. The third-order valence-electron chi connectivity index (χ3n) is 2.27. The highest BCUT2D eigenvalue weighted by Gasteiger charge is 2.07. The highest BCUT2D eigenvalue weighted by atomic mass is 79.9. The van der Waals surface area contributed by atoms with Gasteiger partial charge in [-0.05, 0) is 40.2 Å². The van der Waals surface area contributed by atoms with Gasteiger partial charge in [0, 0.05) is 6.07 Å². The Bertz CT molecular complexity index is 659. The van der Waals surface area contributed by atoms with E-state index in [0.29, 0.717) is 0 Å². The number of thiophene rings is 1. The van der Waals surface area contributed by atoms with Crippen molar-refractivity contribution in [3.63, 3.8) is 0 Å². The molecule has 0 unspecified atom stereocenters. The molecule has 0 fully saturated rings. The molecular weight excluding hydrogens is 288 g/mol. The number of phenolic OH excluding ortho intramolecular Hbond substituents is 1. The lowest BCUT2D eigenvalue weighted by atomic mass is 10.3. The summed E-state index contributed by atoms with van der Waals surface area (Å²) >= 11 is 5.04. The number of fused-ring (bicyclic) bond motifs is 1. The smallest absolute Gasteiger partial charge is 0.148 e. The Morgan fingerprint density at radius 3 is 2.88 bits per heavy atom. The minimum Gasteiger partial charge on any atom is -0.508 e. The minimum absolute atomic E-state index is 0.245. The molecule has 0 atom stereocenters. The average molecular weight is 295 g/mol. The lowest BCUT2D eigenvalue weighted by Gasteiger charge is -1.88. The van der Waals surface area contributed by atoms with Crippen LogP contribution in [0.4, 0.5) is 0 Å². The van der Waals surface area contributed by atoms with Crippen molar-refractivity contribution in [3.05, 3.63) is 34.1 Å². The zero-order valence-corrected chi connectivity index (χ0v) is 10.5. The fourth-order valence-corrected chi connectivity index (χ4v) is 2.89. The number of aromatic hydroxyl groups is 1. The van der Waals surface area contributed by atoms with E-state index in [1.807, 2.05) is 12.1 Å². The van der Waals surface area contributed by atoms with Crippen molar-refractivity contribution >= 4 is 38.3 Å². The Hall–Kier alpha value is -1.33. The van der Waals surface area contributed by atoms with Gasteiger partial charge in [0.05, 0.1) is 19.7 Å². The molecule has 0 aliphatic rings. The summed E-state index contributed by atoms with van der Waals surface area (Å²) in [6, 6.07) is 9.11.